The molecule has 0 aromatic carbocycles. The summed E-state index contributed by atoms with van der Waals surface area (Å²) in [4.78, 5) is 11.3. The van der Waals surface area contributed by atoms with Crippen LogP contribution in [0.4, 0.5) is 0 Å². The van der Waals surface area contributed by atoms with Crippen molar-refractivity contribution in [1.29, 1.82) is 0 Å². The van der Waals surface area contributed by atoms with Gasteiger partial charge in [-0.25, -0.2) is 4.79 Å². The van der Waals surface area contributed by atoms with Crippen molar-refractivity contribution in [3.63, 3.8) is 0 Å². The van der Waals surface area contributed by atoms with E-state index in [0.29, 0.717) is 24.0 Å². The minimum Gasteiger partial charge on any atom is -0.462 e. The minimum absolute atomic E-state index is 0.250. The molecule has 0 spiro atoms. The van der Waals surface area contributed by atoms with E-state index in [4.69, 9.17) is 4.74 Å². The fourth-order valence-corrected chi connectivity index (χ4v) is 2.23. The van der Waals surface area contributed by atoms with Gasteiger partial charge in [-0.1, -0.05) is 33.3 Å². The molecule has 3 unspecified atom stereocenters. The Hall–Kier alpha value is -0.790. The Balaban J connectivity index is 2.37. The summed E-state index contributed by atoms with van der Waals surface area (Å²) in [6.07, 6.45) is 3.77. The topological polar surface area (TPSA) is 26.3 Å². The summed E-state index contributed by atoms with van der Waals surface area (Å²) in [5, 5.41) is 0. The van der Waals surface area contributed by atoms with Crippen LogP contribution in [0.2, 0.25) is 0 Å². The molecule has 0 bridgehead atoms. The van der Waals surface area contributed by atoms with Crippen LogP contribution in [-0.4, -0.2) is 12.6 Å². The lowest BCUT2D eigenvalue weighted by atomic mass is 9.74. The van der Waals surface area contributed by atoms with Crippen molar-refractivity contribution in [2.24, 2.45) is 17.8 Å². The predicted molar refractivity (Wildman–Crippen MR) is 61.4 cm³/mol. The second kappa shape index (κ2) is 5.34. The summed E-state index contributed by atoms with van der Waals surface area (Å²) >= 11 is 0. The maximum Gasteiger partial charge on any atom is 0.333 e. The number of ether oxygens (including phenoxy) is 1. The molecule has 0 aliphatic heterocycles. The van der Waals surface area contributed by atoms with E-state index in [1.807, 2.05) is 0 Å². The van der Waals surface area contributed by atoms with Gasteiger partial charge in [0.1, 0.15) is 0 Å². The molecule has 86 valence electrons. The van der Waals surface area contributed by atoms with E-state index in [1.165, 1.54) is 19.3 Å². The number of hydrogen-bond acceptors (Lipinski definition) is 2. The summed E-state index contributed by atoms with van der Waals surface area (Å²) in [7, 11) is 0. The molecule has 3 atom stereocenters. The van der Waals surface area contributed by atoms with Crippen molar-refractivity contribution < 1.29 is 9.53 Å². The molecule has 1 aliphatic carbocycles. The zero-order valence-corrected chi connectivity index (χ0v) is 10.1. The highest BCUT2D eigenvalue weighted by Crippen LogP contribution is 2.34. The van der Waals surface area contributed by atoms with Gasteiger partial charge in [0.25, 0.3) is 0 Å². The zero-order chi connectivity index (χ0) is 11.4. The largest absolute Gasteiger partial charge is 0.462 e. The van der Waals surface area contributed by atoms with Gasteiger partial charge < -0.3 is 4.74 Å². The molecule has 0 aromatic heterocycles. The standard InChI is InChI=1S/C13H22O2/c1-9(2)13(14)15-8-12-7-5-6-10(3)11(12)4/h10-12H,1,5-8H2,2-4H3. The van der Waals surface area contributed by atoms with Gasteiger partial charge in [0.15, 0.2) is 0 Å². The predicted octanol–water partition coefficient (Wildman–Crippen LogP) is 3.18. The Kier molecular flexibility index (Phi) is 4.37. The minimum atomic E-state index is -0.250. The Bertz CT molecular complexity index is 245. The van der Waals surface area contributed by atoms with Gasteiger partial charge in [-0.2, -0.15) is 0 Å². The zero-order valence-electron chi connectivity index (χ0n) is 10.1. The second-order valence-electron chi connectivity index (χ2n) is 4.91. The van der Waals surface area contributed by atoms with Gasteiger partial charge in [-0.3, -0.25) is 0 Å². The van der Waals surface area contributed by atoms with Gasteiger partial charge in [0, 0.05) is 5.57 Å². The van der Waals surface area contributed by atoms with Gasteiger partial charge in [0.05, 0.1) is 6.61 Å². The molecule has 1 saturated carbocycles. The van der Waals surface area contributed by atoms with E-state index < -0.39 is 0 Å². The van der Waals surface area contributed by atoms with Crippen LogP contribution in [0.1, 0.15) is 40.0 Å². The van der Waals surface area contributed by atoms with Crippen molar-refractivity contribution in [2.75, 3.05) is 6.61 Å². The smallest absolute Gasteiger partial charge is 0.333 e. The van der Waals surface area contributed by atoms with E-state index in [1.54, 1.807) is 6.92 Å². The molecule has 0 N–H and O–H groups in total. The molecular formula is C13H22O2. The third-order valence-corrected chi connectivity index (χ3v) is 3.65. The van der Waals surface area contributed by atoms with Crippen molar-refractivity contribution >= 4 is 5.97 Å². The summed E-state index contributed by atoms with van der Waals surface area (Å²) in [6.45, 7) is 10.4. The van der Waals surface area contributed by atoms with Gasteiger partial charge >= 0.3 is 5.97 Å². The van der Waals surface area contributed by atoms with Crippen LogP contribution in [-0.2, 0) is 9.53 Å². The van der Waals surface area contributed by atoms with Crippen molar-refractivity contribution in [3.8, 4) is 0 Å². The highest BCUT2D eigenvalue weighted by molar-refractivity contribution is 5.86. The van der Waals surface area contributed by atoms with Crippen LogP contribution in [0.15, 0.2) is 12.2 Å². The summed E-state index contributed by atoms with van der Waals surface area (Å²) in [5.74, 6) is 1.71. The molecular weight excluding hydrogens is 188 g/mol. The number of carbonyl (C=O) groups is 1. The van der Waals surface area contributed by atoms with Crippen LogP contribution < -0.4 is 0 Å². The molecule has 1 fully saturated rings. The lowest BCUT2D eigenvalue weighted by Gasteiger charge is -2.33. The lowest BCUT2D eigenvalue weighted by molar-refractivity contribution is -0.141. The number of esters is 1. The molecule has 2 nitrogen and oxygen atoms in total. The molecule has 1 aliphatic rings. The first-order chi connectivity index (χ1) is 7.02. The molecule has 2 heteroatoms. The first-order valence-electron chi connectivity index (χ1n) is 5.85. The third-order valence-electron chi connectivity index (χ3n) is 3.65. The van der Waals surface area contributed by atoms with Crippen LogP contribution in [0, 0.1) is 17.8 Å². The fourth-order valence-electron chi connectivity index (χ4n) is 2.23. The molecule has 0 aromatic rings. The normalized spacial score (nSPS) is 31.0. The fraction of sp³-hybridized carbons (Fsp3) is 0.769. The number of rotatable bonds is 3. The van der Waals surface area contributed by atoms with Crippen molar-refractivity contribution in [1.82, 2.24) is 0 Å². The second-order valence-corrected chi connectivity index (χ2v) is 4.91. The summed E-state index contributed by atoms with van der Waals surface area (Å²) in [5.41, 5.74) is 0.492. The van der Waals surface area contributed by atoms with Gasteiger partial charge in [-0.15, -0.1) is 0 Å². The van der Waals surface area contributed by atoms with Crippen molar-refractivity contribution in [2.45, 2.75) is 40.0 Å². The molecule has 0 heterocycles. The Labute approximate surface area is 92.7 Å². The van der Waals surface area contributed by atoms with E-state index in [2.05, 4.69) is 20.4 Å². The maximum atomic E-state index is 11.3. The van der Waals surface area contributed by atoms with Crippen LogP contribution in [0.25, 0.3) is 0 Å². The van der Waals surface area contributed by atoms with E-state index in [0.717, 1.165) is 5.92 Å². The lowest BCUT2D eigenvalue weighted by Crippen LogP contribution is -2.28. The first-order valence-corrected chi connectivity index (χ1v) is 5.85. The molecule has 0 amide bonds. The molecule has 1 rings (SSSR count). The Morgan fingerprint density at radius 1 is 1.40 bits per heavy atom. The highest BCUT2D eigenvalue weighted by Gasteiger charge is 2.27. The monoisotopic (exact) mass is 210 g/mol. The SMILES string of the molecule is C=C(C)C(=O)OCC1CCCC(C)C1C. The van der Waals surface area contributed by atoms with Gasteiger partial charge in [-0.05, 0) is 31.1 Å². The quantitative estimate of drug-likeness (QED) is 0.528. The Morgan fingerprint density at radius 3 is 2.67 bits per heavy atom. The Morgan fingerprint density at radius 2 is 2.07 bits per heavy atom. The van der Waals surface area contributed by atoms with E-state index >= 15 is 0 Å². The number of carbonyl (C=O) groups excluding carboxylic acids is 1. The van der Waals surface area contributed by atoms with E-state index in [9.17, 15) is 4.79 Å². The molecule has 0 saturated heterocycles. The average molecular weight is 210 g/mol. The maximum absolute atomic E-state index is 11.3. The molecule has 15 heavy (non-hydrogen) atoms. The van der Waals surface area contributed by atoms with Crippen LogP contribution in [0.5, 0.6) is 0 Å². The highest BCUT2D eigenvalue weighted by atomic mass is 16.5. The summed E-state index contributed by atoms with van der Waals surface area (Å²) in [6, 6.07) is 0. The van der Waals surface area contributed by atoms with Crippen LogP contribution in [0.3, 0.4) is 0 Å². The number of hydrogen-bond donors (Lipinski definition) is 0. The third kappa shape index (κ3) is 3.37. The van der Waals surface area contributed by atoms with Crippen molar-refractivity contribution in [3.05, 3.63) is 12.2 Å². The first kappa shape index (κ1) is 12.3. The van der Waals surface area contributed by atoms with E-state index in [-0.39, 0.29) is 5.97 Å². The van der Waals surface area contributed by atoms with Crippen LogP contribution >= 0.6 is 0 Å². The molecule has 0 radical (unpaired) electrons. The average Bonchev–Trinajstić information content (AvgIpc) is 2.19. The van der Waals surface area contributed by atoms with Gasteiger partial charge in [0.2, 0.25) is 0 Å². The summed E-state index contributed by atoms with van der Waals surface area (Å²) < 4.78 is 5.22.